The van der Waals surface area contributed by atoms with E-state index in [1.807, 2.05) is 21.5 Å². The molecule has 0 saturated carbocycles. The van der Waals surface area contributed by atoms with Gasteiger partial charge in [-0.1, -0.05) is 20.8 Å². The summed E-state index contributed by atoms with van der Waals surface area (Å²) < 4.78 is 3.50. The van der Waals surface area contributed by atoms with Crippen LogP contribution in [-0.2, 0) is 12.5 Å². The van der Waals surface area contributed by atoms with E-state index in [4.69, 9.17) is 5.10 Å². The number of hydrogen-bond acceptors (Lipinski definition) is 5. The Bertz CT molecular complexity index is 974. The van der Waals surface area contributed by atoms with Gasteiger partial charge in [-0.15, -0.1) is 10.2 Å². The summed E-state index contributed by atoms with van der Waals surface area (Å²) in [4.78, 5) is 14.6. The van der Waals surface area contributed by atoms with Crippen molar-refractivity contribution in [2.75, 3.05) is 13.1 Å². The number of rotatable bonds is 2. The number of aromatic nitrogens is 6. The smallest absolute Gasteiger partial charge is 0.272 e. The Hall–Kier alpha value is -2.77. The molecule has 0 bridgehead atoms. The third-order valence-corrected chi connectivity index (χ3v) is 5.24. The molecule has 0 unspecified atom stereocenters. The van der Waals surface area contributed by atoms with Gasteiger partial charge in [0.2, 0.25) is 0 Å². The molecule has 4 rings (SSSR count). The van der Waals surface area contributed by atoms with Crippen molar-refractivity contribution in [3.63, 3.8) is 0 Å². The SMILES string of the molecule is Cn1nccc1C(=O)N1CCC(c2nnc3ccc(C(C)(C)C)nn23)CC1. The Morgan fingerprint density at radius 1 is 1.11 bits per heavy atom. The molecule has 0 aliphatic carbocycles. The molecule has 8 heteroatoms. The minimum Gasteiger partial charge on any atom is -0.337 e. The topological polar surface area (TPSA) is 81.2 Å². The maximum absolute atomic E-state index is 12.7. The lowest BCUT2D eigenvalue weighted by atomic mass is 9.92. The number of likely N-dealkylation sites (tertiary alicyclic amines) is 1. The first-order valence-corrected chi connectivity index (χ1v) is 9.35. The summed E-state index contributed by atoms with van der Waals surface area (Å²) in [5.41, 5.74) is 2.37. The zero-order valence-electron chi connectivity index (χ0n) is 16.3. The van der Waals surface area contributed by atoms with Gasteiger partial charge in [0.25, 0.3) is 5.91 Å². The summed E-state index contributed by atoms with van der Waals surface area (Å²) in [5.74, 6) is 1.18. The molecule has 3 aromatic rings. The molecule has 0 atom stereocenters. The lowest BCUT2D eigenvalue weighted by molar-refractivity contribution is 0.0699. The van der Waals surface area contributed by atoms with Crippen LogP contribution in [0.4, 0.5) is 0 Å². The highest BCUT2D eigenvalue weighted by Crippen LogP contribution is 2.28. The van der Waals surface area contributed by atoms with Gasteiger partial charge in [-0.3, -0.25) is 9.48 Å². The average Bonchev–Trinajstić information content (AvgIpc) is 3.26. The number of nitrogens with zero attached hydrogens (tertiary/aromatic N) is 7. The average molecular weight is 367 g/mol. The fraction of sp³-hybridized carbons (Fsp3) is 0.526. The van der Waals surface area contributed by atoms with Crippen molar-refractivity contribution in [1.29, 1.82) is 0 Å². The van der Waals surface area contributed by atoms with Gasteiger partial charge in [0, 0.05) is 37.7 Å². The van der Waals surface area contributed by atoms with E-state index in [9.17, 15) is 4.79 Å². The third-order valence-electron chi connectivity index (χ3n) is 5.24. The van der Waals surface area contributed by atoms with Crippen molar-refractivity contribution in [2.45, 2.75) is 44.9 Å². The predicted octanol–water partition coefficient (Wildman–Crippen LogP) is 2.18. The molecule has 1 saturated heterocycles. The van der Waals surface area contributed by atoms with Crippen LogP contribution in [0.2, 0.25) is 0 Å². The van der Waals surface area contributed by atoms with Gasteiger partial charge in [0.05, 0.1) is 5.69 Å². The molecule has 8 nitrogen and oxygen atoms in total. The van der Waals surface area contributed by atoms with Gasteiger partial charge in [0.15, 0.2) is 11.5 Å². The van der Waals surface area contributed by atoms with Crippen LogP contribution in [0.1, 0.15) is 61.5 Å². The van der Waals surface area contributed by atoms with E-state index in [2.05, 4.69) is 36.1 Å². The number of carbonyl (C=O) groups excluding carboxylic acids is 1. The first-order chi connectivity index (χ1) is 12.8. The fourth-order valence-electron chi connectivity index (χ4n) is 3.55. The maximum Gasteiger partial charge on any atom is 0.272 e. The highest BCUT2D eigenvalue weighted by atomic mass is 16.2. The molecule has 0 radical (unpaired) electrons. The second-order valence-electron chi connectivity index (χ2n) is 8.20. The zero-order valence-corrected chi connectivity index (χ0v) is 16.3. The molecule has 142 valence electrons. The van der Waals surface area contributed by atoms with Crippen molar-refractivity contribution in [1.82, 2.24) is 34.5 Å². The van der Waals surface area contributed by atoms with Crippen LogP contribution in [0.5, 0.6) is 0 Å². The Balaban J connectivity index is 1.53. The van der Waals surface area contributed by atoms with Crippen molar-refractivity contribution >= 4 is 11.6 Å². The van der Waals surface area contributed by atoms with E-state index in [0.29, 0.717) is 18.8 Å². The molecule has 0 N–H and O–H groups in total. The summed E-state index contributed by atoms with van der Waals surface area (Å²) in [7, 11) is 1.79. The van der Waals surface area contributed by atoms with Crippen LogP contribution in [0, 0.1) is 0 Å². The fourth-order valence-corrected chi connectivity index (χ4v) is 3.55. The molecule has 1 aliphatic rings. The zero-order chi connectivity index (χ0) is 19.2. The highest BCUT2D eigenvalue weighted by Gasteiger charge is 2.29. The van der Waals surface area contributed by atoms with Crippen LogP contribution >= 0.6 is 0 Å². The molecule has 3 aromatic heterocycles. The second-order valence-corrected chi connectivity index (χ2v) is 8.20. The molecule has 1 aliphatic heterocycles. The first-order valence-electron chi connectivity index (χ1n) is 9.35. The third kappa shape index (κ3) is 3.20. The van der Waals surface area contributed by atoms with E-state index < -0.39 is 0 Å². The van der Waals surface area contributed by atoms with Gasteiger partial charge in [-0.25, -0.2) is 0 Å². The summed E-state index contributed by atoms with van der Waals surface area (Å²) in [5, 5.41) is 17.6. The molecule has 27 heavy (non-hydrogen) atoms. The van der Waals surface area contributed by atoms with Crippen LogP contribution < -0.4 is 0 Å². The summed E-state index contributed by atoms with van der Waals surface area (Å²) in [6.45, 7) is 7.83. The summed E-state index contributed by atoms with van der Waals surface area (Å²) in [6, 6.07) is 5.76. The first kappa shape index (κ1) is 17.6. The van der Waals surface area contributed by atoms with Crippen molar-refractivity contribution < 1.29 is 4.79 Å². The molecular weight excluding hydrogens is 342 g/mol. The van der Waals surface area contributed by atoms with Crippen LogP contribution in [0.15, 0.2) is 24.4 Å². The quantitative estimate of drug-likeness (QED) is 0.693. The minimum atomic E-state index is -0.0331. The summed E-state index contributed by atoms with van der Waals surface area (Å²) >= 11 is 0. The highest BCUT2D eigenvalue weighted by molar-refractivity contribution is 5.92. The van der Waals surface area contributed by atoms with Crippen molar-refractivity contribution in [3.05, 3.63) is 41.6 Å². The van der Waals surface area contributed by atoms with E-state index in [1.165, 1.54) is 0 Å². The van der Waals surface area contributed by atoms with Gasteiger partial charge >= 0.3 is 0 Å². The molecular formula is C19H25N7O. The number of carbonyl (C=O) groups is 1. The second kappa shape index (κ2) is 6.44. The number of hydrogen-bond donors (Lipinski definition) is 0. The van der Waals surface area contributed by atoms with E-state index in [-0.39, 0.29) is 17.2 Å². The van der Waals surface area contributed by atoms with Crippen LogP contribution in [0.25, 0.3) is 5.65 Å². The van der Waals surface area contributed by atoms with Crippen molar-refractivity contribution in [2.24, 2.45) is 7.05 Å². The standard InChI is InChI=1S/C19H25N7O/c1-19(2,3)15-5-6-16-21-22-17(26(16)23-15)13-8-11-25(12-9-13)18(27)14-7-10-20-24(14)4/h5-7,10,13H,8-9,11-12H2,1-4H3. The number of aryl methyl sites for hydroxylation is 1. The number of piperidine rings is 1. The monoisotopic (exact) mass is 367 g/mol. The summed E-state index contributed by atoms with van der Waals surface area (Å²) in [6.07, 6.45) is 3.36. The number of fused-ring (bicyclic) bond motifs is 1. The van der Waals surface area contributed by atoms with Gasteiger partial charge < -0.3 is 4.90 Å². The normalized spacial score (nSPS) is 16.2. The molecule has 4 heterocycles. The molecule has 0 aromatic carbocycles. The van der Waals surface area contributed by atoms with Gasteiger partial charge in [-0.2, -0.15) is 14.7 Å². The Morgan fingerprint density at radius 2 is 1.85 bits per heavy atom. The van der Waals surface area contributed by atoms with Gasteiger partial charge in [0.1, 0.15) is 5.69 Å². The minimum absolute atomic E-state index is 0.0331. The lowest BCUT2D eigenvalue weighted by Crippen LogP contribution is -2.39. The Kier molecular flexibility index (Phi) is 4.20. The van der Waals surface area contributed by atoms with E-state index >= 15 is 0 Å². The van der Waals surface area contributed by atoms with Gasteiger partial charge in [-0.05, 0) is 31.0 Å². The van der Waals surface area contributed by atoms with E-state index in [1.54, 1.807) is 24.0 Å². The Labute approximate surface area is 158 Å². The Morgan fingerprint density at radius 3 is 2.48 bits per heavy atom. The van der Waals surface area contributed by atoms with Crippen LogP contribution in [-0.4, -0.2) is 53.5 Å². The molecule has 1 amide bonds. The molecule has 0 spiro atoms. The van der Waals surface area contributed by atoms with Crippen LogP contribution in [0.3, 0.4) is 0 Å². The van der Waals surface area contributed by atoms with Crippen molar-refractivity contribution in [3.8, 4) is 0 Å². The lowest BCUT2D eigenvalue weighted by Gasteiger charge is -2.31. The van der Waals surface area contributed by atoms with E-state index in [0.717, 1.165) is 30.0 Å². The molecule has 1 fully saturated rings. The largest absolute Gasteiger partial charge is 0.337 e. The number of amides is 1. The predicted molar refractivity (Wildman–Crippen MR) is 101 cm³/mol. The maximum atomic E-state index is 12.7.